The van der Waals surface area contributed by atoms with Gasteiger partial charge in [-0.15, -0.1) is 0 Å². The predicted octanol–water partition coefficient (Wildman–Crippen LogP) is 1.05. The minimum absolute atomic E-state index is 0.00613. The number of anilines is 1. The lowest BCUT2D eigenvalue weighted by molar-refractivity contribution is -0.122. The smallest absolute Gasteiger partial charge is 0.221 e. The number of pyridine rings is 1. The van der Waals surface area contributed by atoms with Gasteiger partial charge in [0.25, 0.3) is 0 Å². The van der Waals surface area contributed by atoms with Gasteiger partial charge in [0.15, 0.2) is 0 Å². The van der Waals surface area contributed by atoms with Gasteiger partial charge in [0.2, 0.25) is 11.8 Å². The van der Waals surface area contributed by atoms with E-state index in [4.69, 9.17) is 5.73 Å². The van der Waals surface area contributed by atoms with E-state index in [0.717, 1.165) is 30.9 Å². The summed E-state index contributed by atoms with van der Waals surface area (Å²) in [7, 11) is 0. The van der Waals surface area contributed by atoms with Crippen molar-refractivity contribution in [3.05, 3.63) is 23.9 Å². The van der Waals surface area contributed by atoms with Gasteiger partial charge in [0, 0.05) is 56.8 Å². The summed E-state index contributed by atoms with van der Waals surface area (Å²) in [6, 6.07) is 4.28. The number of hydrogen-bond donors (Lipinski definition) is 3. The molecule has 0 aromatic carbocycles. The maximum Gasteiger partial charge on any atom is 0.221 e. The monoisotopic (exact) mass is 359 g/mol. The number of carbonyl (C=O) groups excluding carboxylic acids is 2. The molecule has 1 saturated carbocycles. The summed E-state index contributed by atoms with van der Waals surface area (Å²) in [5.41, 5.74) is 6.66. The van der Waals surface area contributed by atoms with Crippen LogP contribution in [0.25, 0.3) is 0 Å². The lowest BCUT2D eigenvalue weighted by Crippen LogP contribution is -2.45. The van der Waals surface area contributed by atoms with Crippen molar-refractivity contribution in [2.24, 2.45) is 5.92 Å². The Bertz CT molecular complexity index is 647. The molecule has 0 bridgehead atoms. The van der Waals surface area contributed by atoms with Crippen LogP contribution in [0.15, 0.2) is 18.3 Å². The van der Waals surface area contributed by atoms with Crippen molar-refractivity contribution in [2.45, 2.75) is 57.7 Å². The summed E-state index contributed by atoms with van der Waals surface area (Å²) in [5, 5.41) is 5.90. The van der Waals surface area contributed by atoms with Crippen LogP contribution in [-0.2, 0) is 16.1 Å². The molecule has 1 aromatic rings. The summed E-state index contributed by atoms with van der Waals surface area (Å²) >= 11 is 0. The zero-order chi connectivity index (χ0) is 18.5. The molecule has 2 atom stereocenters. The fourth-order valence-corrected chi connectivity index (χ4v) is 3.69. The fourth-order valence-electron chi connectivity index (χ4n) is 3.69. The van der Waals surface area contributed by atoms with E-state index in [1.807, 2.05) is 12.1 Å². The standard InChI is InChI=1S/C19H29N5O2/c1-13(25)22-11-17-7-6-16(24(17)12-14-4-5-14)9-18(26)23-10-15-3-2-8-21-19(15)20/h2-3,8,14,16-17H,4-7,9-12H2,1H3,(H2,20,21)(H,22,25)(H,23,26)/t16-,17+/m0/s1. The molecule has 1 aromatic heterocycles. The molecule has 3 rings (SSSR count). The molecule has 2 heterocycles. The highest BCUT2D eigenvalue weighted by molar-refractivity contribution is 5.76. The first-order valence-electron chi connectivity index (χ1n) is 9.49. The highest BCUT2D eigenvalue weighted by atomic mass is 16.2. The molecule has 1 aliphatic heterocycles. The van der Waals surface area contributed by atoms with Crippen molar-refractivity contribution in [2.75, 3.05) is 18.8 Å². The van der Waals surface area contributed by atoms with Crippen molar-refractivity contribution >= 4 is 17.6 Å². The minimum atomic E-state index is 0.00613. The van der Waals surface area contributed by atoms with E-state index in [0.29, 0.717) is 31.4 Å². The molecule has 1 saturated heterocycles. The molecular weight excluding hydrogens is 330 g/mol. The number of nitrogens with one attached hydrogen (secondary N) is 2. The first-order chi connectivity index (χ1) is 12.5. The van der Waals surface area contributed by atoms with E-state index in [2.05, 4.69) is 20.5 Å². The Hall–Kier alpha value is -2.15. The third-order valence-electron chi connectivity index (χ3n) is 5.35. The van der Waals surface area contributed by atoms with Crippen LogP contribution in [0.4, 0.5) is 5.82 Å². The van der Waals surface area contributed by atoms with Gasteiger partial charge in [-0.05, 0) is 37.7 Å². The largest absolute Gasteiger partial charge is 0.383 e. The van der Waals surface area contributed by atoms with E-state index in [9.17, 15) is 9.59 Å². The summed E-state index contributed by atoms with van der Waals surface area (Å²) in [6.07, 6.45) is 6.72. The minimum Gasteiger partial charge on any atom is -0.383 e. The molecule has 2 fully saturated rings. The Balaban J connectivity index is 1.52. The van der Waals surface area contributed by atoms with Gasteiger partial charge >= 0.3 is 0 Å². The molecule has 0 unspecified atom stereocenters. The zero-order valence-corrected chi connectivity index (χ0v) is 15.4. The van der Waals surface area contributed by atoms with Crippen LogP contribution in [-0.4, -0.2) is 46.9 Å². The Kier molecular flexibility index (Phi) is 6.08. The summed E-state index contributed by atoms with van der Waals surface area (Å²) in [5.74, 6) is 1.26. The van der Waals surface area contributed by atoms with Crippen molar-refractivity contribution in [3.63, 3.8) is 0 Å². The molecule has 2 aliphatic rings. The summed E-state index contributed by atoms with van der Waals surface area (Å²) < 4.78 is 0. The maximum absolute atomic E-state index is 12.4. The molecule has 7 heteroatoms. The second kappa shape index (κ2) is 8.49. The van der Waals surface area contributed by atoms with E-state index in [1.165, 1.54) is 12.8 Å². The van der Waals surface area contributed by atoms with Crippen molar-refractivity contribution in [1.82, 2.24) is 20.5 Å². The molecule has 2 amide bonds. The van der Waals surface area contributed by atoms with Gasteiger partial charge in [0.05, 0.1) is 0 Å². The van der Waals surface area contributed by atoms with Gasteiger partial charge in [-0.25, -0.2) is 4.98 Å². The van der Waals surface area contributed by atoms with Crippen molar-refractivity contribution in [3.8, 4) is 0 Å². The van der Waals surface area contributed by atoms with E-state index in [1.54, 1.807) is 13.1 Å². The molecule has 1 aliphatic carbocycles. The number of nitrogen functional groups attached to an aromatic ring is 1. The molecule has 4 N–H and O–H groups in total. The first kappa shape index (κ1) is 18.6. The Morgan fingerprint density at radius 2 is 2.00 bits per heavy atom. The lowest BCUT2D eigenvalue weighted by atomic mass is 10.1. The second-order valence-electron chi connectivity index (χ2n) is 7.49. The molecular formula is C19H29N5O2. The molecule has 0 spiro atoms. The number of likely N-dealkylation sites (tertiary alicyclic amines) is 1. The van der Waals surface area contributed by atoms with Crippen LogP contribution in [0.3, 0.4) is 0 Å². The van der Waals surface area contributed by atoms with Gasteiger partial charge in [-0.2, -0.15) is 0 Å². The normalized spacial score (nSPS) is 23.0. The SMILES string of the molecule is CC(=O)NC[C@H]1CC[C@@H](CC(=O)NCc2cccnc2N)N1CC1CC1. The molecule has 0 radical (unpaired) electrons. The van der Waals surface area contributed by atoms with Gasteiger partial charge < -0.3 is 16.4 Å². The molecule has 142 valence electrons. The van der Waals surface area contributed by atoms with Crippen LogP contribution in [0.2, 0.25) is 0 Å². The Labute approximate surface area is 154 Å². The number of carbonyl (C=O) groups is 2. The van der Waals surface area contributed by atoms with Crippen molar-refractivity contribution in [1.29, 1.82) is 0 Å². The maximum atomic E-state index is 12.4. The third kappa shape index (κ3) is 5.17. The number of aromatic nitrogens is 1. The summed E-state index contributed by atoms with van der Waals surface area (Å²) in [4.78, 5) is 30.2. The number of rotatable bonds is 8. The van der Waals surface area contributed by atoms with Crippen LogP contribution >= 0.6 is 0 Å². The topological polar surface area (TPSA) is 100 Å². The van der Waals surface area contributed by atoms with Crippen molar-refractivity contribution < 1.29 is 9.59 Å². The van der Waals surface area contributed by atoms with E-state index in [-0.39, 0.29) is 17.9 Å². The second-order valence-corrected chi connectivity index (χ2v) is 7.49. The summed E-state index contributed by atoms with van der Waals surface area (Å²) in [6.45, 7) is 3.67. The Morgan fingerprint density at radius 1 is 1.23 bits per heavy atom. The van der Waals surface area contributed by atoms with Crippen LogP contribution in [0.1, 0.15) is 44.6 Å². The predicted molar refractivity (Wildman–Crippen MR) is 100 cm³/mol. The number of amides is 2. The number of nitrogens with zero attached hydrogens (tertiary/aromatic N) is 2. The van der Waals surface area contributed by atoms with Gasteiger partial charge in [-0.1, -0.05) is 6.07 Å². The van der Waals surface area contributed by atoms with Crippen LogP contribution in [0.5, 0.6) is 0 Å². The van der Waals surface area contributed by atoms with Crippen LogP contribution < -0.4 is 16.4 Å². The lowest BCUT2D eigenvalue weighted by Gasteiger charge is -2.30. The molecule has 7 nitrogen and oxygen atoms in total. The Morgan fingerprint density at radius 3 is 2.69 bits per heavy atom. The molecule has 26 heavy (non-hydrogen) atoms. The average Bonchev–Trinajstić information content (AvgIpc) is 3.35. The van der Waals surface area contributed by atoms with Crippen LogP contribution in [0, 0.1) is 5.92 Å². The average molecular weight is 359 g/mol. The highest BCUT2D eigenvalue weighted by Gasteiger charge is 2.37. The fraction of sp³-hybridized carbons (Fsp3) is 0.632. The zero-order valence-electron chi connectivity index (χ0n) is 15.4. The van der Waals surface area contributed by atoms with Gasteiger partial charge in [0.1, 0.15) is 5.82 Å². The number of hydrogen-bond acceptors (Lipinski definition) is 5. The quantitative estimate of drug-likeness (QED) is 0.644. The van der Waals surface area contributed by atoms with E-state index >= 15 is 0 Å². The van der Waals surface area contributed by atoms with E-state index < -0.39 is 0 Å². The first-order valence-corrected chi connectivity index (χ1v) is 9.49. The van der Waals surface area contributed by atoms with Gasteiger partial charge in [-0.3, -0.25) is 14.5 Å². The third-order valence-corrected chi connectivity index (χ3v) is 5.35. The number of nitrogens with two attached hydrogens (primary N) is 1. The highest BCUT2D eigenvalue weighted by Crippen LogP contribution is 2.35.